The molecule has 0 aliphatic carbocycles. The highest BCUT2D eigenvalue weighted by molar-refractivity contribution is 5.90. The molecule has 6 heteroatoms. The molecule has 2 amide bonds. The van der Waals surface area contributed by atoms with Gasteiger partial charge >= 0.3 is 6.03 Å². The highest BCUT2D eigenvalue weighted by Gasteiger charge is 2.22. The molecule has 26 heavy (non-hydrogen) atoms. The van der Waals surface area contributed by atoms with Gasteiger partial charge < -0.3 is 24.7 Å². The van der Waals surface area contributed by atoms with E-state index in [0.717, 1.165) is 12.8 Å². The predicted octanol–water partition coefficient (Wildman–Crippen LogP) is 3.53. The molecule has 1 aromatic heterocycles. The van der Waals surface area contributed by atoms with Gasteiger partial charge in [0, 0.05) is 47.9 Å². The third-order valence-corrected chi connectivity index (χ3v) is 5.08. The standard InChI is InChI=1S/C20H19N3O3/c24-20(21-13-5-6-18-19(11-13)26-12-25-18)23-9-7-15-14-3-1-2-4-16(14)22-17(15)8-10-23/h1-6,11,22H,7-10,12H2,(H,21,24). The summed E-state index contributed by atoms with van der Waals surface area (Å²) in [4.78, 5) is 18.1. The first-order valence-corrected chi connectivity index (χ1v) is 8.82. The molecule has 2 N–H and O–H groups in total. The molecule has 0 spiro atoms. The third-order valence-electron chi connectivity index (χ3n) is 5.08. The number of rotatable bonds is 1. The third kappa shape index (κ3) is 2.54. The van der Waals surface area contributed by atoms with Gasteiger partial charge in [0.05, 0.1) is 0 Å². The highest BCUT2D eigenvalue weighted by Crippen LogP contribution is 2.34. The number of ether oxygens (including phenoxy) is 2. The number of carbonyl (C=O) groups is 1. The number of nitrogens with zero attached hydrogens (tertiary/aromatic N) is 1. The summed E-state index contributed by atoms with van der Waals surface area (Å²) in [6.45, 7) is 1.62. The van der Waals surface area contributed by atoms with Crippen LogP contribution in [0.4, 0.5) is 10.5 Å². The van der Waals surface area contributed by atoms with Crippen molar-refractivity contribution in [3.8, 4) is 11.5 Å². The van der Waals surface area contributed by atoms with E-state index >= 15 is 0 Å². The monoisotopic (exact) mass is 349 g/mol. The number of nitrogens with one attached hydrogen (secondary N) is 2. The Balaban J connectivity index is 1.31. The first kappa shape index (κ1) is 15.1. The molecule has 2 aliphatic rings. The number of amides is 2. The Labute approximate surface area is 150 Å². The molecule has 0 atom stereocenters. The largest absolute Gasteiger partial charge is 0.454 e. The number of urea groups is 1. The molecule has 0 fully saturated rings. The molecule has 3 heterocycles. The smallest absolute Gasteiger partial charge is 0.321 e. The normalized spacial score (nSPS) is 15.6. The van der Waals surface area contributed by atoms with Crippen molar-refractivity contribution >= 4 is 22.6 Å². The number of aromatic nitrogens is 1. The summed E-state index contributed by atoms with van der Waals surface area (Å²) < 4.78 is 10.7. The SMILES string of the molecule is O=C(Nc1ccc2c(c1)OCO2)N1CCc2[nH]c3ccccc3c2CC1. The topological polar surface area (TPSA) is 66.6 Å². The van der Waals surface area contributed by atoms with E-state index in [2.05, 4.69) is 28.5 Å². The fraction of sp³-hybridized carbons (Fsp3) is 0.250. The van der Waals surface area contributed by atoms with Crippen LogP contribution in [0.3, 0.4) is 0 Å². The number of para-hydroxylation sites is 1. The predicted molar refractivity (Wildman–Crippen MR) is 98.9 cm³/mol. The van der Waals surface area contributed by atoms with Crippen LogP contribution >= 0.6 is 0 Å². The average Bonchev–Trinajstić information content (AvgIpc) is 3.20. The van der Waals surface area contributed by atoms with E-state index in [1.54, 1.807) is 6.07 Å². The van der Waals surface area contributed by atoms with Crippen molar-refractivity contribution in [1.82, 2.24) is 9.88 Å². The van der Waals surface area contributed by atoms with Crippen LogP contribution in [0, 0.1) is 0 Å². The highest BCUT2D eigenvalue weighted by atomic mass is 16.7. The lowest BCUT2D eigenvalue weighted by molar-refractivity contribution is 0.174. The van der Waals surface area contributed by atoms with Crippen molar-refractivity contribution in [3.63, 3.8) is 0 Å². The minimum absolute atomic E-state index is 0.0849. The Hall–Kier alpha value is -3.15. The quantitative estimate of drug-likeness (QED) is 0.706. The molecule has 2 aromatic carbocycles. The van der Waals surface area contributed by atoms with Crippen LogP contribution in [0.25, 0.3) is 10.9 Å². The van der Waals surface area contributed by atoms with E-state index in [-0.39, 0.29) is 12.8 Å². The molecule has 6 nitrogen and oxygen atoms in total. The van der Waals surface area contributed by atoms with E-state index in [1.807, 2.05) is 23.1 Å². The second kappa shape index (κ2) is 5.98. The Kier molecular flexibility index (Phi) is 3.48. The Morgan fingerprint density at radius 3 is 2.85 bits per heavy atom. The van der Waals surface area contributed by atoms with E-state index in [9.17, 15) is 4.79 Å². The lowest BCUT2D eigenvalue weighted by atomic mass is 10.1. The molecular weight excluding hydrogens is 330 g/mol. The zero-order valence-corrected chi connectivity index (χ0v) is 14.2. The van der Waals surface area contributed by atoms with Crippen LogP contribution in [-0.2, 0) is 12.8 Å². The van der Waals surface area contributed by atoms with Crippen molar-refractivity contribution in [2.24, 2.45) is 0 Å². The Morgan fingerprint density at radius 2 is 1.88 bits per heavy atom. The van der Waals surface area contributed by atoms with Gasteiger partial charge in [-0.25, -0.2) is 4.79 Å². The van der Waals surface area contributed by atoms with Crippen molar-refractivity contribution in [1.29, 1.82) is 0 Å². The number of anilines is 1. The summed E-state index contributed by atoms with van der Waals surface area (Å²) in [5.41, 5.74) is 4.46. The van der Waals surface area contributed by atoms with Crippen LogP contribution in [0.5, 0.6) is 11.5 Å². The first-order chi connectivity index (χ1) is 12.8. The zero-order valence-electron chi connectivity index (χ0n) is 14.2. The summed E-state index contributed by atoms with van der Waals surface area (Å²) in [7, 11) is 0. The number of benzene rings is 2. The summed E-state index contributed by atoms with van der Waals surface area (Å²) in [6.07, 6.45) is 1.69. The van der Waals surface area contributed by atoms with Gasteiger partial charge in [0.25, 0.3) is 0 Å². The minimum atomic E-state index is -0.0849. The van der Waals surface area contributed by atoms with Gasteiger partial charge in [-0.15, -0.1) is 0 Å². The van der Waals surface area contributed by atoms with E-state index in [1.165, 1.54) is 22.2 Å². The first-order valence-electron chi connectivity index (χ1n) is 8.82. The van der Waals surface area contributed by atoms with Crippen LogP contribution in [0.1, 0.15) is 11.3 Å². The molecular formula is C20H19N3O3. The fourth-order valence-electron chi connectivity index (χ4n) is 3.74. The molecule has 0 saturated heterocycles. The second-order valence-corrected chi connectivity index (χ2v) is 6.61. The number of hydrogen-bond acceptors (Lipinski definition) is 3. The van der Waals surface area contributed by atoms with Gasteiger partial charge in [0.15, 0.2) is 11.5 Å². The van der Waals surface area contributed by atoms with Crippen LogP contribution in [0.15, 0.2) is 42.5 Å². The number of H-pyrrole nitrogens is 1. The molecule has 5 rings (SSSR count). The van der Waals surface area contributed by atoms with Gasteiger partial charge in [-0.05, 0) is 30.2 Å². The van der Waals surface area contributed by atoms with Crippen LogP contribution in [-0.4, -0.2) is 35.8 Å². The van der Waals surface area contributed by atoms with Crippen LogP contribution in [0.2, 0.25) is 0 Å². The minimum Gasteiger partial charge on any atom is -0.454 e. The average molecular weight is 349 g/mol. The van der Waals surface area contributed by atoms with Gasteiger partial charge in [-0.2, -0.15) is 0 Å². The summed E-state index contributed by atoms with van der Waals surface area (Å²) in [5, 5.41) is 4.23. The van der Waals surface area contributed by atoms with Crippen molar-refractivity contribution in [2.45, 2.75) is 12.8 Å². The molecule has 132 valence electrons. The van der Waals surface area contributed by atoms with E-state index in [4.69, 9.17) is 9.47 Å². The number of hydrogen-bond donors (Lipinski definition) is 2. The number of carbonyl (C=O) groups excluding carboxylic acids is 1. The number of aromatic amines is 1. The molecule has 0 radical (unpaired) electrons. The van der Waals surface area contributed by atoms with Gasteiger partial charge in [0.2, 0.25) is 6.79 Å². The van der Waals surface area contributed by atoms with Gasteiger partial charge in [-0.1, -0.05) is 18.2 Å². The summed E-state index contributed by atoms with van der Waals surface area (Å²) in [6, 6.07) is 13.7. The molecule has 3 aromatic rings. The fourth-order valence-corrected chi connectivity index (χ4v) is 3.74. The van der Waals surface area contributed by atoms with Gasteiger partial charge in [-0.3, -0.25) is 0 Å². The van der Waals surface area contributed by atoms with Gasteiger partial charge in [0.1, 0.15) is 0 Å². The maximum Gasteiger partial charge on any atom is 0.321 e. The maximum atomic E-state index is 12.7. The summed E-state index contributed by atoms with van der Waals surface area (Å²) in [5.74, 6) is 1.38. The number of fused-ring (bicyclic) bond motifs is 4. The Bertz CT molecular complexity index is 995. The van der Waals surface area contributed by atoms with E-state index < -0.39 is 0 Å². The van der Waals surface area contributed by atoms with Crippen LogP contribution < -0.4 is 14.8 Å². The van der Waals surface area contributed by atoms with Crippen molar-refractivity contribution in [3.05, 3.63) is 53.7 Å². The molecule has 2 aliphatic heterocycles. The lowest BCUT2D eigenvalue weighted by Crippen LogP contribution is -2.36. The second-order valence-electron chi connectivity index (χ2n) is 6.61. The zero-order chi connectivity index (χ0) is 17.5. The molecule has 0 saturated carbocycles. The van der Waals surface area contributed by atoms with Crippen molar-refractivity contribution in [2.75, 3.05) is 25.2 Å². The Morgan fingerprint density at radius 1 is 1.04 bits per heavy atom. The maximum absolute atomic E-state index is 12.7. The summed E-state index contributed by atoms with van der Waals surface area (Å²) >= 11 is 0. The van der Waals surface area contributed by atoms with Crippen molar-refractivity contribution < 1.29 is 14.3 Å². The molecule has 0 unspecified atom stereocenters. The molecule has 0 bridgehead atoms. The van der Waals surface area contributed by atoms with E-state index in [0.29, 0.717) is 30.3 Å². The lowest BCUT2D eigenvalue weighted by Gasteiger charge is -2.21.